The van der Waals surface area contributed by atoms with Crippen molar-refractivity contribution in [3.8, 4) is 5.75 Å². The van der Waals surface area contributed by atoms with Crippen LogP contribution in [0.4, 0.5) is 4.79 Å². The lowest BCUT2D eigenvalue weighted by Crippen LogP contribution is -2.54. The third-order valence-corrected chi connectivity index (χ3v) is 5.68. The number of aromatic amines is 1. The normalized spacial score (nSPS) is 19.4. The molecule has 8 nitrogen and oxygen atoms in total. The number of aryl methyl sites for hydroxylation is 1. The summed E-state index contributed by atoms with van der Waals surface area (Å²) >= 11 is 0. The van der Waals surface area contributed by atoms with Crippen LogP contribution in [0, 0.1) is 5.41 Å². The summed E-state index contributed by atoms with van der Waals surface area (Å²) in [7, 11) is 0. The molecule has 3 atom stereocenters. The van der Waals surface area contributed by atoms with Crippen LogP contribution in [0.3, 0.4) is 0 Å². The van der Waals surface area contributed by atoms with Crippen LogP contribution in [-0.2, 0) is 20.7 Å². The number of nitrogens with one attached hydrogen (secondary N) is 3. The van der Waals surface area contributed by atoms with Gasteiger partial charge in [0, 0.05) is 12.4 Å². The lowest BCUT2D eigenvalue weighted by atomic mass is 9.80. The van der Waals surface area contributed by atoms with E-state index in [1.54, 1.807) is 19.2 Å². The minimum atomic E-state index is -0.868. The largest absolute Gasteiger partial charge is 0.413 e. The predicted octanol–water partition coefficient (Wildman–Crippen LogP) is 2.99. The minimum Gasteiger partial charge on any atom is -0.409 e. The van der Waals surface area contributed by atoms with Gasteiger partial charge in [-0.2, -0.15) is 0 Å². The molecule has 32 heavy (non-hydrogen) atoms. The molecule has 0 spiro atoms. The number of hydrogen-bond donors (Lipinski definition) is 3. The summed E-state index contributed by atoms with van der Waals surface area (Å²) in [4.78, 5) is 40.4. The summed E-state index contributed by atoms with van der Waals surface area (Å²) in [5, 5.41) is 5.42. The molecule has 172 valence electrons. The highest BCUT2D eigenvalue weighted by Crippen LogP contribution is 2.29. The summed E-state index contributed by atoms with van der Waals surface area (Å²) in [6.45, 7) is 5.83. The van der Waals surface area contributed by atoms with Crippen molar-refractivity contribution in [2.75, 3.05) is 6.61 Å². The molecule has 1 fully saturated rings. The van der Waals surface area contributed by atoms with Crippen molar-refractivity contribution >= 4 is 17.8 Å². The Labute approximate surface area is 188 Å². The van der Waals surface area contributed by atoms with Gasteiger partial charge in [-0.1, -0.05) is 44.2 Å². The Morgan fingerprint density at radius 3 is 2.62 bits per heavy atom. The summed E-state index contributed by atoms with van der Waals surface area (Å²) in [5.41, 5.74) is 0.949. The zero-order chi connectivity index (χ0) is 23.1. The summed E-state index contributed by atoms with van der Waals surface area (Å²) in [6.07, 6.45) is 4.07. The second kappa shape index (κ2) is 10.5. The smallest absolute Gasteiger partial charge is 0.409 e. The number of H-pyrrole nitrogens is 1. The first kappa shape index (κ1) is 23.5. The zero-order valence-corrected chi connectivity index (χ0v) is 18.7. The van der Waals surface area contributed by atoms with Crippen molar-refractivity contribution in [3.63, 3.8) is 0 Å². The van der Waals surface area contributed by atoms with Gasteiger partial charge in [0.25, 0.3) is 0 Å². The molecule has 1 saturated heterocycles. The molecule has 0 bridgehead atoms. The van der Waals surface area contributed by atoms with Crippen LogP contribution in [0.5, 0.6) is 5.75 Å². The van der Waals surface area contributed by atoms with Gasteiger partial charge >= 0.3 is 6.09 Å². The van der Waals surface area contributed by atoms with Gasteiger partial charge in [-0.05, 0) is 43.2 Å². The Kier molecular flexibility index (Phi) is 7.69. The van der Waals surface area contributed by atoms with E-state index in [1.807, 2.05) is 18.2 Å². The van der Waals surface area contributed by atoms with E-state index in [0.29, 0.717) is 12.2 Å². The van der Waals surface area contributed by atoms with Gasteiger partial charge in [0.1, 0.15) is 24.4 Å². The van der Waals surface area contributed by atoms with Crippen molar-refractivity contribution in [1.29, 1.82) is 0 Å². The summed E-state index contributed by atoms with van der Waals surface area (Å²) in [5.74, 6) is -0.264. The fourth-order valence-corrected chi connectivity index (χ4v) is 3.76. The summed E-state index contributed by atoms with van der Waals surface area (Å²) < 4.78 is 10.6. The molecular weight excluding hydrogens is 410 g/mol. The molecule has 1 aromatic heterocycles. The van der Waals surface area contributed by atoms with E-state index in [0.717, 1.165) is 12.8 Å². The van der Waals surface area contributed by atoms with Crippen LogP contribution in [0.25, 0.3) is 0 Å². The van der Waals surface area contributed by atoms with E-state index >= 15 is 0 Å². The lowest BCUT2D eigenvalue weighted by molar-refractivity contribution is -0.128. The van der Waals surface area contributed by atoms with Crippen LogP contribution in [-0.4, -0.2) is 47.6 Å². The Bertz CT molecular complexity index is 911. The topological polar surface area (TPSA) is 110 Å². The maximum Gasteiger partial charge on any atom is 0.413 e. The Morgan fingerprint density at radius 1 is 1.25 bits per heavy atom. The highest BCUT2D eigenvalue weighted by atomic mass is 16.6. The van der Waals surface area contributed by atoms with Gasteiger partial charge in [-0.15, -0.1) is 0 Å². The van der Waals surface area contributed by atoms with Gasteiger partial charge in [-0.25, -0.2) is 4.79 Å². The number of hydrogen-bond acceptors (Lipinski definition) is 5. The van der Waals surface area contributed by atoms with Crippen LogP contribution in [0.1, 0.15) is 39.2 Å². The van der Waals surface area contributed by atoms with Crippen LogP contribution in [0.2, 0.25) is 0 Å². The standard InChI is InChI=1S/C24H31N3O5/c1-16-21(20(28)15-31-16)27-22(29)19(26-23(30)32-18-10-12-25-14-18)13-24(2,3)11-9-17-7-5-4-6-8-17/h4-8,10,12,14,16,19,21,25H,9,11,13,15H2,1-3H3,(H,26,30)(H,27,29)/t16-,19-,21-/m0/s1. The van der Waals surface area contributed by atoms with Gasteiger partial charge in [0.15, 0.2) is 5.78 Å². The second-order valence-corrected chi connectivity index (χ2v) is 8.96. The number of carbonyl (C=O) groups excluding carboxylic acids is 3. The second-order valence-electron chi connectivity index (χ2n) is 8.96. The Hall–Kier alpha value is -3.13. The van der Waals surface area contributed by atoms with Gasteiger partial charge in [-0.3, -0.25) is 9.59 Å². The zero-order valence-electron chi connectivity index (χ0n) is 18.7. The fourth-order valence-electron chi connectivity index (χ4n) is 3.76. The Balaban J connectivity index is 1.67. The first-order valence-corrected chi connectivity index (χ1v) is 10.8. The van der Waals surface area contributed by atoms with Crippen molar-refractivity contribution in [2.24, 2.45) is 5.41 Å². The van der Waals surface area contributed by atoms with Crippen molar-refractivity contribution < 1.29 is 23.9 Å². The molecule has 0 unspecified atom stereocenters. The molecule has 1 aliphatic heterocycles. The number of rotatable bonds is 9. The number of benzene rings is 1. The maximum atomic E-state index is 13.1. The molecular formula is C24H31N3O5. The number of carbonyl (C=O) groups is 3. The monoisotopic (exact) mass is 441 g/mol. The van der Waals surface area contributed by atoms with E-state index in [1.165, 1.54) is 11.8 Å². The SMILES string of the molecule is C[C@@H]1OCC(=O)[C@H]1NC(=O)[C@H](CC(C)(C)CCc1ccccc1)NC(=O)Oc1cc[nH]c1. The third-order valence-electron chi connectivity index (χ3n) is 5.68. The number of Topliss-reactive ketones (excluding diaryl/α,β-unsaturated/α-hetero) is 1. The lowest BCUT2D eigenvalue weighted by Gasteiger charge is -2.30. The molecule has 3 N–H and O–H groups in total. The first-order valence-electron chi connectivity index (χ1n) is 10.8. The summed E-state index contributed by atoms with van der Waals surface area (Å²) in [6, 6.07) is 10.1. The third kappa shape index (κ3) is 6.68. The molecule has 0 radical (unpaired) electrons. The van der Waals surface area contributed by atoms with E-state index in [9.17, 15) is 14.4 Å². The van der Waals surface area contributed by atoms with Crippen molar-refractivity contribution in [2.45, 2.75) is 58.2 Å². The first-order chi connectivity index (χ1) is 15.2. The fraction of sp³-hybridized carbons (Fsp3) is 0.458. The molecule has 0 saturated carbocycles. The van der Waals surface area contributed by atoms with Crippen molar-refractivity contribution in [3.05, 3.63) is 54.4 Å². The maximum absolute atomic E-state index is 13.1. The molecule has 2 aromatic rings. The molecule has 1 aromatic carbocycles. The molecule has 2 heterocycles. The van der Waals surface area contributed by atoms with Crippen LogP contribution in [0.15, 0.2) is 48.8 Å². The van der Waals surface area contributed by atoms with E-state index in [4.69, 9.17) is 9.47 Å². The highest BCUT2D eigenvalue weighted by molar-refractivity contribution is 5.94. The molecule has 0 aliphatic carbocycles. The predicted molar refractivity (Wildman–Crippen MR) is 119 cm³/mol. The van der Waals surface area contributed by atoms with Gasteiger partial charge in [0.2, 0.25) is 5.91 Å². The van der Waals surface area contributed by atoms with Crippen LogP contribution >= 0.6 is 0 Å². The number of ether oxygens (including phenoxy) is 2. The van der Waals surface area contributed by atoms with E-state index in [2.05, 4.69) is 41.6 Å². The number of aromatic nitrogens is 1. The molecule has 2 amide bonds. The average molecular weight is 442 g/mol. The average Bonchev–Trinajstić information content (AvgIpc) is 3.37. The minimum absolute atomic E-state index is 0.0255. The van der Waals surface area contributed by atoms with Gasteiger partial charge < -0.3 is 25.1 Å². The number of amides is 2. The van der Waals surface area contributed by atoms with Crippen LogP contribution < -0.4 is 15.4 Å². The van der Waals surface area contributed by atoms with Gasteiger partial charge in [0.05, 0.1) is 6.10 Å². The van der Waals surface area contributed by atoms with Crippen molar-refractivity contribution in [1.82, 2.24) is 15.6 Å². The van der Waals surface area contributed by atoms with E-state index < -0.39 is 30.2 Å². The molecule has 1 aliphatic rings. The van der Waals surface area contributed by atoms with E-state index in [-0.39, 0.29) is 17.8 Å². The number of ketones is 1. The molecule has 3 rings (SSSR count). The Morgan fingerprint density at radius 2 is 2.00 bits per heavy atom. The molecule has 8 heteroatoms. The highest BCUT2D eigenvalue weighted by Gasteiger charge is 2.37. The quantitative estimate of drug-likeness (QED) is 0.554.